The number of ether oxygens (including phenoxy) is 2. The van der Waals surface area contributed by atoms with E-state index >= 15 is 0 Å². The number of methoxy groups -OCH3 is 1. The van der Waals surface area contributed by atoms with Crippen molar-refractivity contribution in [1.29, 1.82) is 0 Å². The molecular weight excluding hydrogens is 258 g/mol. The lowest BCUT2D eigenvalue weighted by atomic mass is 10.2. The molecule has 6 nitrogen and oxygen atoms in total. The lowest BCUT2D eigenvalue weighted by Crippen LogP contribution is -2.44. The molecule has 0 aromatic heterocycles. The van der Waals surface area contributed by atoms with Crippen LogP contribution in [0.15, 0.2) is 0 Å². The molecule has 18 heavy (non-hydrogen) atoms. The summed E-state index contributed by atoms with van der Waals surface area (Å²) in [5.74, 6) is 0.745. The predicted octanol–water partition coefficient (Wildman–Crippen LogP) is 0.0681. The van der Waals surface area contributed by atoms with E-state index in [4.69, 9.17) is 14.6 Å². The van der Waals surface area contributed by atoms with Gasteiger partial charge in [-0.3, -0.25) is 4.79 Å². The molecule has 1 aliphatic rings. The van der Waals surface area contributed by atoms with Crippen LogP contribution in [0, 0.1) is 0 Å². The summed E-state index contributed by atoms with van der Waals surface area (Å²) in [5, 5.41) is 8.44. The zero-order chi connectivity index (χ0) is 13.4. The van der Waals surface area contributed by atoms with Gasteiger partial charge in [-0.1, -0.05) is 0 Å². The van der Waals surface area contributed by atoms with Crippen molar-refractivity contribution in [2.45, 2.75) is 12.5 Å². The molecule has 0 radical (unpaired) electrons. The van der Waals surface area contributed by atoms with Crippen LogP contribution in [-0.4, -0.2) is 72.9 Å². The van der Waals surface area contributed by atoms with E-state index in [-0.39, 0.29) is 18.6 Å². The number of rotatable bonds is 8. The highest BCUT2D eigenvalue weighted by Gasteiger charge is 2.26. The number of carboxylic acids is 1. The summed E-state index contributed by atoms with van der Waals surface area (Å²) in [6.07, 6.45) is 0.971. The van der Waals surface area contributed by atoms with E-state index in [0.717, 1.165) is 17.9 Å². The molecule has 1 amide bonds. The van der Waals surface area contributed by atoms with Gasteiger partial charge in [-0.05, 0) is 12.2 Å². The van der Waals surface area contributed by atoms with Crippen LogP contribution in [0.25, 0.3) is 0 Å². The van der Waals surface area contributed by atoms with Gasteiger partial charge in [0.25, 0.3) is 0 Å². The van der Waals surface area contributed by atoms with Crippen molar-refractivity contribution in [3.8, 4) is 0 Å². The quantitative estimate of drug-likeness (QED) is 0.676. The lowest BCUT2D eigenvalue weighted by Gasteiger charge is -2.28. The minimum absolute atomic E-state index is 0.166. The van der Waals surface area contributed by atoms with Crippen LogP contribution in [0.1, 0.15) is 6.42 Å². The molecule has 0 aromatic carbocycles. The molecule has 1 atom stereocenters. The Bertz CT molecular complexity index is 281. The van der Waals surface area contributed by atoms with Crippen LogP contribution >= 0.6 is 11.8 Å². The number of amides is 1. The molecule has 1 fully saturated rings. The zero-order valence-corrected chi connectivity index (χ0v) is 11.3. The van der Waals surface area contributed by atoms with Crippen molar-refractivity contribution >= 4 is 23.6 Å². The Kier molecular flexibility index (Phi) is 7.07. The van der Waals surface area contributed by atoms with Gasteiger partial charge in [-0.25, -0.2) is 4.79 Å². The van der Waals surface area contributed by atoms with Crippen molar-refractivity contribution in [3.05, 3.63) is 0 Å². The topological polar surface area (TPSA) is 76.1 Å². The second-order valence-corrected chi connectivity index (χ2v) is 5.13. The van der Waals surface area contributed by atoms with E-state index in [2.05, 4.69) is 0 Å². The Hall–Kier alpha value is -0.790. The van der Waals surface area contributed by atoms with E-state index in [1.165, 1.54) is 0 Å². The summed E-state index contributed by atoms with van der Waals surface area (Å²) in [6.45, 7) is 0.378. The Morgan fingerprint density at radius 2 is 2.22 bits per heavy atom. The average Bonchev–Trinajstić information content (AvgIpc) is 2.82. The Balaban J connectivity index is 2.41. The number of nitrogens with zero attached hydrogens (tertiary/aromatic N) is 1. The third kappa shape index (κ3) is 5.24. The summed E-state index contributed by atoms with van der Waals surface area (Å²) >= 11 is 1.82. The third-order valence-corrected chi connectivity index (χ3v) is 3.80. The van der Waals surface area contributed by atoms with Crippen molar-refractivity contribution in [2.75, 3.05) is 45.0 Å². The fourth-order valence-electron chi connectivity index (χ4n) is 1.78. The van der Waals surface area contributed by atoms with Crippen molar-refractivity contribution in [2.24, 2.45) is 0 Å². The molecule has 0 bridgehead atoms. The van der Waals surface area contributed by atoms with Crippen LogP contribution in [0.2, 0.25) is 0 Å². The molecule has 1 heterocycles. The second kappa shape index (κ2) is 8.34. The summed E-state index contributed by atoms with van der Waals surface area (Å²) < 4.78 is 9.83. The second-order valence-electron chi connectivity index (χ2n) is 3.98. The Morgan fingerprint density at radius 3 is 2.78 bits per heavy atom. The van der Waals surface area contributed by atoms with Crippen LogP contribution < -0.4 is 0 Å². The first-order valence-electron chi connectivity index (χ1n) is 5.81. The third-order valence-electron chi connectivity index (χ3n) is 2.65. The molecule has 1 saturated heterocycles. The number of carbonyl (C=O) groups is 2. The van der Waals surface area contributed by atoms with Gasteiger partial charge >= 0.3 is 5.97 Å². The summed E-state index contributed by atoms with van der Waals surface area (Å²) in [4.78, 5) is 24.0. The van der Waals surface area contributed by atoms with Crippen molar-refractivity contribution < 1.29 is 24.2 Å². The predicted molar refractivity (Wildman–Crippen MR) is 67.8 cm³/mol. The van der Waals surface area contributed by atoms with Crippen molar-refractivity contribution in [1.82, 2.24) is 4.90 Å². The molecule has 1 rings (SSSR count). The highest BCUT2D eigenvalue weighted by molar-refractivity contribution is 7.99. The number of carbonyl (C=O) groups excluding carboxylic acids is 1. The van der Waals surface area contributed by atoms with Gasteiger partial charge < -0.3 is 19.5 Å². The van der Waals surface area contributed by atoms with Gasteiger partial charge in [-0.2, -0.15) is 11.8 Å². The molecule has 0 saturated carbocycles. The lowest BCUT2D eigenvalue weighted by molar-refractivity contribution is -0.146. The van der Waals surface area contributed by atoms with Crippen LogP contribution in [-0.2, 0) is 19.1 Å². The SMILES string of the molecule is COCCN(C(=O)COCC(=O)O)C1CCSC1. The fraction of sp³-hybridized carbons (Fsp3) is 0.818. The molecule has 104 valence electrons. The van der Waals surface area contributed by atoms with Gasteiger partial charge in [0.2, 0.25) is 5.91 Å². The van der Waals surface area contributed by atoms with Gasteiger partial charge in [-0.15, -0.1) is 0 Å². The maximum absolute atomic E-state index is 12.0. The van der Waals surface area contributed by atoms with Crippen LogP contribution in [0.5, 0.6) is 0 Å². The summed E-state index contributed by atoms with van der Waals surface area (Å²) in [5.41, 5.74) is 0. The molecule has 1 N–H and O–H groups in total. The number of thioether (sulfide) groups is 1. The summed E-state index contributed by atoms with van der Waals surface area (Å²) in [7, 11) is 1.59. The van der Waals surface area contributed by atoms with Crippen LogP contribution in [0.4, 0.5) is 0 Å². The molecule has 7 heteroatoms. The minimum atomic E-state index is -1.07. The van der Waals surface area contributed by atoms with Crippen LogP contribution in [0.3, 0.4) is 0 Å². The maximum atomic E-state index is 12.0. The van der Waals surface area contributed by atoms with Gasteiger partial charge in [0.15, 0.2) is 0 Å². The fourth-order valence-corrected chi connectivity index (χ4v) is 3.00. The van der Waals surface area contributed by atoms with Gasteiger partial charge in [0, 0.05) is 25.4 Å². The number of carboxylic acid groups (broad SMARTS) is 1. The molecular formula is C11H19NO5S. The Morgan fingerprint density at radius 1 is 1.44 bits per heavy atom. The van der Waals surface area contributed by atoms with E-state index in [1.807, 2.05) is 11.8 Å². The van der Waals surface area contributed by atoms with E-state index in [0.29, 0.717) is 13.2 Å². The molecule has 1 aliphatic heterocycles. The van der Waals surface area contributed by atoms with Gasteiger partial charge in [0.1, 0.15) is 13.2 Å². The first-order chi connectivity index (χ1) is 8.65. The molecule has 0 aliphatic carbocycles. The Labute approximate surface area is 111 Å². The first-order valence-corrected chi connectivity index (χ1v) is 6.96. The minimum Gasteiger partial charge on any atom is -0.480 e. The molecule has 0 aromatic rings. The average molecular weight is 277 g/mol. The zero-order valence-electron chi connectivity index (χ0n) is 10.5. The van der Waals surface area contributed by atoms with E-state index in [1.54, 1.807) is 12.0 Å². The van der Waals surface area contributed by atoms with E-state index in [9.17, 15) is 9.59 Å². The number of hydrogen-bond donors (Lipinski definition) is 1. The smallest absolute Gasteiger partial charge is 0.329 e. The first kappa shape index (κ1) is 15.3. The molecule has 0 spiro atoms. The standard InChI is InChI=1S/C11H19NO5S/c1-16-4-3-12(9-2-5-18-8-9)10(13)6-17-7-11(14)15/h9H,2-8H2,1H3,(H,14,15). The van der Waals surface area contributed by atoms with Gasteiger partial charge in [0.05, 0.1) is 6.61 Å². The van der Waals surface area contributed by atoms with E-state index < -0.39 is 12.6 Å². The number of hydrogen-bond acceptors (Lipinski definition) is 5. The normalized spacial score (nSPS) is 18.8. The molecule has 1 unspecified atom stereocenters. The summed E-state index contributed by atoms with van der Waals surface area (Å²) in [6, 6.07) is 0.214. The maximum Gasteiger partial charge on any atom is 0.329 e. The highest BCUT2D eigenvalue weighted by atomic mass is 32.2. The number of aliphatic carboxylic acids is 1. The highest BCUT2D eigenvalue weighted by Crippen LogP contribution is 2.22. The largest absolute Gasteiger partial charge is 0.480 e. The van der Waals surface area contributed by atoms with Crippen molar-refractivity contribution in [3.63, 3.8) is 0 Å². The monoisotopic (exact) mass is 277 g/mol.